The maximum Gasteiger partial charge on any atom is 0.0309 e. The van der Waals surface area contributed by atoms with Gasteiger partial charge in [0, 0.05) is 31.2 Å². The Labute approximate surface area is 119 Å². The van der Waals surface area contributed by atoms with Crippen molar-refractivity contribution in [3.05, 3.63) is 0 Å². The fourth-order valence-corrected chi connectivity index (χ4v) is 4.24. The molecule has 1 saturated heterocycles. The predicted molar refractivity (Wildman–Crippen MR) is 81.4 cm³/mol. The SMILES string of the molecule is CC(C)(C)C1CNC2(CCCCC2)CN1CC1CC1. The van der Waals surface area contributed by atoms with Gasteiger partial charge in [0.2, 0.25) is 0 Å². The monoisotopic (exact) mass is 264 g/mol. The highest BCUT2D eigenvalue weighted by Gasteiger charge is 2.44. The summed E-state index contributed by atoms with van der Waals surface area (Å²) in [6, 6.07) is 0.723. The highest BCUT2D eigenvalue weighted by Crippen LogP contribution is 2.38. The predicted octanol–water partition coefficient (Wildman–Crippen LogP) is 3.42. The van der Waals surface area contributed by atoms with Gasteiger partial charge in [-0.05, 0) is 37.0 Å². The summed E-state index contributed by atoms with van der Waals surface area (Å²) in [5.74, 6) is 1.02. The molecule has 1 N–H and O–H groups in total. The van der Waals surface area contributed by atoms with Crippen LogP contribution in [0.5, 0.6) is 0 Å². The van der Waals surface area contributed by atoms with Crippen LogP contribution in [-0.4, -0.2) is 36.1 Å². The molecule has 1 atom stereocenters. The molecule has 3 rings (SSSR count). The zero-order chi connectivity index (χ0) is 13.5. The van der Waals surface area contributed by atoms with E-state index in [1.165, 1.54) is 64.6 Å². The molecule has 1 unspecified atom stereocenters. The Kier molecular flexibility index (Phi) is 3.68. The van der Waals surface area contributed by atoms with Crippen LogP contribution in [0.25, 0.3) is 0 Å². The zero-order valence-electron chi connectivity index (χ0n) is 13.2. The van der Waals surface area contributed by atoms with E-state index in [2.05, 4.69) is 31.0 Å². The topological polar surface area (TPSA) is 15.3 Å². The molecular weight excluding hydrogens is 232 g/mol. The van der Waals surface area contributed by atoms with Crippen molar-refractivity contribution in [1.82, 2.24) is 10.2 Å². The molecule has 1 spiro atoms. The average molecular weight is 264 g/mol. The lowest BCUT2D eigenvalue weighted by Gasteiger charge is -2.53. The van der Waals surface area contributed by atoms with E-state index >= 15 is 0 Å². The van der Waals surface area contributed by atoms with E-state index in [4.69, 9.17) is 0 Å². The van der Waals surface area contributed by atoms with Gasteiger partial charge >= 0.3 is 0 Å². The molecule has 2 heteroatoms. The number of hydrogen-bond donors (Lipinski definition) is 1. The molecule has 3 aliphatic rings. The van der Waals surface area contributed by atoms with Gasteiger partial charge in [0.1, 0.15) is 0 Å². The van der Waals surface area contributed by atoms with Gasteiger partial charge in [-0.25, -0.2) is 0 Å². The number of rotatable bonds is 2. The minimum atomic E-state index is 0.401. The first kappa shape index (κ1) is 13.9. The van der Waals surface area contributed by atoms with Crippen molar-refractivity contribution >= 4 is 0 Å². The zero-order valence-corrected chi connectivity index (χ0v) is 13.2. The lowest BCUT2D eigenvalue weighted by molar-refractivity contribution is 0.00570. The molecule has 2 saturated carbocycles. The van der Waals surface area contributed by atoms with Crippen LogP contribution in [0.1, 0.15) is 65.7 Å². The summed E-state index contributed by atoms with van der Waals surface area (Å²) < 4.78 is 0. The number of nitrogens with one attached hydrogen (secondary N) is 1. The van der Waals surface area contributed by atoms with E-state index in [1.807, 2.05) is 0 Å². The first-order valence-electron chi connectivity index (χ1n) is 8.48. The molecule has 1 aliphatic heterocycles. The second-order valence-corrected chi connectivity index (χ2v) is 8.48. The van der Waals surface area contributed by atoms with E-state index in [0.717, 1.165) is 12.0 Å². The minimum absolute atomic E-state index is 0.401. The molecular formula is C17H32N2. The van der Waals surface area contributed by atoms with E-state index in [-0.39, 0.29) is 0 Å². The van der Waals surface area contributed by atoms with E-state index < -0.39 is 0 Å². The van der Waals surface area contributed by atoms with Gasteiger partial charge in [-0.2, -0.15) is 0 Å². The Hall–Kier alpha value is -0.0800. The summed E-state index contributed by atoms with van der Waals surface area (Å²) in [6.45, 7) is 11.1. The largest absolute Gasteiger partial charge is 0.308 e. The second-order valence-electron chi connectivity index (χ2n) is 8.48. The van der Waals surface area contributed by atoms with E-state index in [1.54, 1.807) is 0 Å². The highest BCUT2D eigenvalue weighted by molar-refractivity contribution is 5.03. The lowest BCUT2D eigenvalue weighted by Crippen LogP contribution is -2.67. The summed E-state index contributed by atoms with van der Waals surface area (Å²) in [6.07, 6.45) is 10.1. The molecule has 0 radical (unpaired) electrons. The summed E-state index contributed by atoms with van der Waals surface area (Å²) in [5.41, 5.74) is 0.868. The van der Waals surface area contributed by atoms with Gasteiger partial charge in [-0.3, -0.25) is 4.90 Å². The first-order valence-corrected chi connectivity index (χ1v) is 8.48. The van der Waals surface area contributed by atoms with Crippen LogP contribution in [-0.2, 0) is 0 Å². The lowest BCUT2D eigenvalue weighted by atomic mass is 9.76. The maximum absolute atomic E-state index is 3.97. The van der Waals surface area contributed by atoms with Crippen LogP contribution in [0.4, 0.5) is 0 Å². The molecule has 0 aromatic carbocycles. The molecule has 19 heavy (non-hydrogen) atoms. The average Bonchev–Trinajstić information content (AvgIpc) is 3.12. The van der Waals surface area contributed by atoms with E-state index in [9.17, 15) is 0 Å². The van der Waals surface area contributed by atoms with Gasteiger partial charge in [0.25, 0.3) is 0 Å². The molecule has 1 heterocycles. The van der Waals surface area contributed by atoms with Crippen LogP contribution in [0.2, 0.25) is 0 Å². The fraction of sp³-hybridized carbons (Fsp3) is 1.00. The van der Waals surface area contributed by atoms with Gasteiger partial charge in [0.05, 0.1) is 0 Å². The third-order valence-corrected chi connectivity index (χ3v) is 5.62. The quantitative estimate of drug-likeness (QED) is 0.822. The van der Waals surface area contributed by atoms with Crippen molar-refractivity contribution in [2.45, 2.75) is 77.3 Å². The number of hydrogen-bond acceptors (Lipinski definition) is 2. The molecule has 2 aliphatic carbocycles. The van der Waals surface area contributed by atoms with Crippen LogP contribution >= 0.6 is 0 Å². The van der Waals surface area contributed by atoms with Crippen molar-refractivity contribution in [2.24, 2.45) is 11.3 Å². The third-order valence-electron chi connectivity index (χ3n) is 5.62. The van der Waals surface area contributed by atoms with Gasteiger partial charge in [-0.15, -0.1) is 0 Å². The van der Waals surface area contributed by atoms with Crippen LogP contribution in [0, 0.1) is 11.3 Å². The van der Waals surface area contributed by atoms with Crippen molar-refractivity contribution in [3.8, 4) is 0 Å². The number of nitrogens with zero attached hydrogens (tertiary/aromatic N) is 1. The molecule has 0 amide bonds. The van der Waals surface area contributed by atoms with Crippen molar-refractivity contribution in [2.75, 3.05) is 19.6 Å². The molecule has 0 bridgehead atoms. The second kappa shape index (κ2) is 5.04. The fourth-order valence-electron chi connectivity index (χ4n) is 4.24. The molecule has 0 aromatic rings. The Morgan fingerprint density at radius 2 is 1.79 bits per heavy atom. The molecule has 3 fully saturated rings. The van der Waals surface area contributed by atoms with E-state index in [0.29, 0.717) is 11.0 Å². The summed E-state index contributed by atoms with van der Waals surface area (Å²) in [5, 5.41) is 3.97. The van der Waals surface area contributed by atoms with Crippen molar-refractivity contribution < 1.29 is 0 Å². The third kappa shape index (κ3) is 3.16. The first-order chi connectivity index (χ1) is 8.99. The Morgan fingerprint density at radius 3 is 2.37 bits per heavy atom. The van der Waals surface area contributed by atoms with Gasteiger partial charge < -0.3 is 5.32 Å². The van der Waals surface area contributed by atoms with Crippen LogP contribution in [0.15, 0.2) is 0 Å². The Balaban J connectivity index is 1.71. The summed E-state index contributed by atoms with van der Waals surface area (Å²) in [7, 11) is 0. The molecule has 0 aromatic heterocycles. The number of piperazine rings is 1. The normalized spacial score (nSPS) is 32.7. The standard InChI is InChI=1S/C17H32N2/c1-16(2,3)15-11-18-17(9-5-4-6-10-17)13-19(15)12-14-7-8-14/h14-15,18H,4-13H2,1-3H3. The summed E-state index contributed by atoms with van der Waals surface area (Å²) in [4.78, 5) is 2.86. The van der Waals surface area contributed by atoms with Crippen molar-refractivity contribution in [3.63, 3.8) is 0 Å². The highest BCUT2D eigenvalue weighted by atomic mass is 15.3. The smallest absolute Gasteiger partial charge is 0.0309 e. The van der Waals surface area contributed by atoms with Crippen molar-refractivity contribution in [1.29, 1.82) is 0 Å². The summed E-state index contributed by atoms with van der Waals surface area (Å²) >= 11 is 0. The Morgan fingerprint density at radius 1 is 1.11 bits per heavy atom. The Bertz CT molecular complexity index is 308. The van der Waals surface area contributed by atoms with Gasteiger partial charge in [-0.1, -0.05) is 40.0 Å². The minimum Gasteiger partial charge on any atom is -0.308 e. The van der Waals surface area contributed by atoms with Crippen LogP contribution < -0.4 is 5.32 Å². The van der Waals surface area contributed by atoms with Crippen LogP contribution in [0.3, 0.4) is 0 Å². The molecule has 110 valence electrons. The van der Waals surface area contributed by atoms with Gasteiger partial charge in [0.15, 0.2) is 0 Å². The maximum atomic E-state index is 3.97. The molecule has 2 nitrogen and oxygen atoms in total.